The number of carboxylic acid groups (broad SMARTS) is 1. The summed E-state index contributed by atoms with van der Waals surface area (Å²) in [5.41, 5.74) is 4.36. The van der Waals surface area contributed by atoms with Crippen molar-refractivity contribution in [3.05, 3.63) is 13.7 Å². The van der Waals surface area contributed by atoms with Crippen LogP contribution in [0.25, 0.3) is 0 Å². The summed E-state index contributed by atoms with van der Waals surface area (Å²) < 4.78 is 3.49. The fraction of sp³-hybridized carbons (Fsp3) is 0.429. The predicted octanol–water partition coefficient (Wildman–Crippen LogP) is 0.894. The molecule has 0 aliphatic heterocycles. The molecule has 0 saturated heterocycles. The summed E-state index contributed by atoms with van der Waals surface area (Å²) in [7, 11) is 0. The van der Waals surface area contributed by atoms with Crippen LogP contribution in [0, 0.1) is 7.40 Å². The molecule has 0 spiro atoms. The first-order valence-corrected chi connectivity index (χ1v) is 5.89. The van der Waals surface area contributed by atoms with Gasteiger partial charge in [-0.05, 0) is 52.1 Å². The van der Waals surface area contributed by atoms with E-state index in [0.717, 1.165) is 7.40 Å². The van der Waals surface area contributed by atoms with Gasteiger partial charge in [-0.2, -0.15) is 0 Å². The Bertz CT molecular complexity index is 362. The Balaban J connectivity index is 2.89. The molecule has 0 aromatic carbocycles. The number of aliphatic carboxylic acids is 1. The van der Waals surface area contributed by atoms with Gasteiger partial charge in [0.05, 0.1) is 12.9 Å². The molecule has 0 fully saturated rings. The van der Waals surface area contributed by atoms with E-state index < -0.39 is 11.5 Å². The van der Waals surface area contributed by atoms with E-state index in [9.17, 15) is 4.79 Å². The first-order valence-electron chi connectivity index (χ1n) is 3.73. The third kappa shape index (κ3) is 2.57. The first-order chi connectivity index (χ1) is 6.34. The fourth-order valence-corrected chi connectivity index (χ4v) is 1.74. The Morgan fingerprint density at radius 1 is 1.79 bits per heavy atom. The zero-order chi connectivity index (χ0) is 10.9. The van der Waals surface area contributed by atoms with Crippen molar-refractivity contribution in [2.75, 3.05) is 0 Å². The molecule has 1 atom stereocenters. The number of rotatable bonds is 3. The van der Waals surface area contributed by atoms with Crippen molar-refractivity contribution in [3.63, 3.8) is 0 Å². The Labute approximate surface area is 108 Å². The summed E-state index contributed by atoms with van der Waals surface area (Å²) in [5, 5.41) is 8.84. The van der Waals surface area contributed by atoms with Crippen molar-refractivity contribution in [1.82, 2.24) is 9.55 Å². The Hall–Kier alpha value is 0.1000. The highest BCUT2D eigenvalue weighted by molar-refractivity contribution is 14.1. The number of aromatic nitrogens is 2. The van der Waals surface area contributed by atoms with Gasteiger partial charge in [-0.25, -0.2) is 4.98 Å². The lowest BCUT2D eigenvalue weighted by atomic mass is 10.1. The minimum absolute atomic E-state index is 0.219. The van der Waals surface area contributed by atoms with E-state index in [0.29, 0.717) is 0 Å². The second-order valence-corrected chi connectivity index (χ2v) is 5.22. The molecular weight excluding hydrogens is 412 g/mol. The van der Waals surface area contributed by atoms with Crippen LogP contribution in [0.15, 0.2) is 6.33 Å². The smallest absolute Gasteiger partial charge is 0.325 e. The average Bonchev–Trinajstić information content (AvgIpc) is 2.35. The molecule has 0 aliphatic carbocycles. The van der Waals surface area contributed by atoms with E-state index in [1.54, 1.807) is 10.9 Å². The molecule has 1 aromatic heterocycles. The van der Waals surface area contributed by atoms with Gasteiger partial charge in [0.2, 0.25) is 0 Å². The molecule has 0 radical (unpaired) electrons. The lowest BCUT2D eigenvalue weighted by molar-refractivity contribution is -0.143. The van der Waals surface area contributed by atoms with Gasteiger partial charge in [-0.15, -0.1) is 0 Å². The Kier molecular flexibility index (Phi) is 3.75. The van der Waals surface area contributed by atoms with E-state index in [1.165, 1.54) is 6.92 Å². The van der Waals surface area contributed by atoms with Gasteiger partial charge in [0.15, 0.2) is 0 Å². The molecule has 7 heteroatoms. The van der Waals surface area contributed by atoms with Crippen LogP contribution in [0.2, 0.25) is 0 Å². The maximum atomic E-state index is 10.8. The molecule has 1 unspecified atom stereocenters. The molecule has 1 aromatic rings. The van der Waals surface area contributed by atoms with E-state index >= 15 is 0 Å². The number of nitrogens with zero attached hydrogens (tertiary/aromatic N) is 2. The highest BCUT2D eigenvalue weighted by Crippen LogP contribution is 2.15. The molecular formula is C7H9I2N3O2. The van der Waals surface area contributed by atoms with Gasteiger partial charge >= 0.3 is 5.97 Å². The van der Waals surface area contributed by atoms with Crippen LogP contribution in [-0.2, 0) is 11.3 Å². The van der Waals surface area contributed by atoms with Crippen LogP contribution < -0.4 is 5.73 Å². The van der Waals surface area contributed by atoms with Gasteiger partial charge in [0.25, 0.3) is 0 Å². The van der Waals surface area contributed by atoms with Crippen LogP contribution in [0.4, 0.5) is 0 Å². The topological polar surface area (TPSA) is 81.1 Å². The number of nitrogens with two attached hydrogens (primary N) is 1. The lowest BCUT2D eigenvalue weighted by Gasteiger charge is -2.19. The lowest BCUT2D eigenvalue weighted by Crippen LogP contribution is -2.48. The number of carbonyl (C=O) groups is 1. The van der Waals surface area contributed by atoms with Crippen molar-refractivity contribution >= 4 is 51.2 Å². The van der Waals surface area contributed by atoms with Crippen LogP contribution in [0.3, 0.4) is 0 Å². The minimum Gasteiger partial charge on any atom is -0.480 e. The van der Waals surface area contributed by atoms with Crippen molar-refractivity contribution < 1.29 is 9.90 Å². The van der Waals surface area contributed by atoms with Crippen molar-refractivity contribution in [1.29, 1.82) is 0 Å². The molecule has 78 valence electrons. The first kappa shape index (κ1) is 12.2. The van der Waals surface area contributed by atoms with Gasteiger partial charge in [-0.1, -0.05) is 0 Å². The van der Waals surface area contributed by atoms with Gasteiger partial charge in [-0.3, -0.25) is 4.79 Å². The quantitative estimate of drug-likeness (QED) is 0.712. The summed E-state index contributed by atoms with van der Waals surface area (Å²) in [6.07, 6.45) is 1.59. The largest absolute Gasteiger partial charge is 0.480 e. The third-order valence-electron chi connectivity index (χ3n) is 1.72. The van der Waals surface area contributed by atoms with E-state index in [4.69, 9.17) is 10.8 Å². The molecule has 1 rings (SSSR count). The SMILES string of the molecule is CC(N)(Cn1cnc(I)c1I)C(=O)O. The van der Waals surface area contributed by atoms with Crippen molar-refractivity contribution in [3.8, 4) is 0 Å². The van der Waals surface area contributed by atoms with Gasteiger partial charge in [0.1, 0.15) is 12.9 Å². The molecule has 14 heavy (non-hydrogen) atoms. The maximum absolute atomic E-state index is 10.8. The second kappa shape index (κ2) is 4.31. The highest BCUT2D eigenvalue weighted by atomic mass is 127. The normalized spacial score (nSPS) is 15.1. The number of carboxylic acids is 1. The zero-order valence-corrected chi connectivity index (χ0v) is 11.7. The molecule has 1 heterocycles. The zero-order valence-electron chi connectivity index (χ0n) is 7.37. The number of hydrogen-bond acceptors (Lipinski definition) is 3. The highest BCUT2D eigenvalue weighted by Gasteiger charge is 2.29. The summed E-state index contributed by atoms with van der Waals surface area (Å²) in [5.74, 6) is -1.02. The monoisotopic (exact) mass is 421 g/mol. The molecule has 0 aliphatic rings. The van der Waals surface area contributed by atoms with E-state index in [1.807, 2.05) is 0 Å². The predicted molar refractivity (Wildman–Crippen MR) is 67.9 cm³/mol. The number of hydrogen-bond donors (Lipinski definition) is 2. The summed E-state index contributed by atoms with van der Waals surface area (Å²) in [6, 6.07) is 0. The average molecular weight is 421 g/mol. The number of imidazole rings is 1. The summed E-state index contributed by atoms with van der Waals surface area (Å²) in [4.78, 5) is 14.8. The maximum Gasteiger partial charge on any atom is 0.325 e. The van der Waals surface area contributed by atoms with Gasteiger partial charge in [0, 0.05) is 0 Å². The second-order valence-electron chi connectivity index (χ2n) is 3.18. The van der Waals surface area contributed by atoms with Crippen LogP contribution in [0.5, 0.6) is 0 Å². The third-order valence-corrected chi connectivity index (χ3v) is 4.67. The Morgan fingerprint density at radius 3 is 2.71 bits per heavy atom. The van der Waals surface area contributed by atoms with Crippen LogP contribution in [-0.4, -0.2) is 26.2 Å². The molecule has 0 bridgehead atoms. The Morgan fingerprint density at radius 2 is 2.36 bits per heavy atom. The minimum atomic E-state index is -1.26. The van der Waals surface area contributed by atoms with E-state index in [2.05, 4.69) is 50.2 Å². The fourth-order valence-electron chi connectivity index (χ4n) is 0.875. The summed E-state index contributed by atoms with van der Waals surface area (Å²) in [6.45, 7) is 1.70. The van der Waals surface area contributed by atoms with Crippen LogP contribution >= 0.6 is 45.2 Å². The van der Waals surface area contributed by atoms with Crippen molar-refractivity contribution in [2.45, 2.75) is 19.0 Å². The molecule has 5 nitrogen and oxygen atoms in total. The number of halogens is 2. The molecule has 3 N–H and O–H groups in total. The van der Waals surface area contributed by atoms with Crippen molar-refractivity contribution in [2.24, 2.45) is 5.73 Å². The van der Waals surface area contributed by atoms with E-state index in [-0.39, 0.29) is 6.54 Å². The molecule has 0 saturated carbocycles. The standard InChI is InChI=1S/C7H9I2N3O2/c1-7(10,6(13)14)2-12-3-11-4(8)5(12)9/h3H,2,10H2,1H3,(H,13,14). The van der Waals surface area contributed by atoms with Gasteiger partial charge < -0.3 is 15.4 Å². The summed E-state index contributed by atoms with van der Waals surface area (Å²) >= 11 is 4.19. The molecule has 0 amide bonds. The van der Waals surface area contributed by atoms with Crippen LogP contribution in [0.1, 0.15) is 6.92 Å².